The minimum absolute atomic E-state index is 0.0856. The predicted molar refractivity (Wildman–Crippen MR) is 135 cm³/mol. The van der Waals surface area contributed by atoms with Gasteiger partial charge in [-0.3, -0.25) is 14.4 Å². The van der Waals surface area contributed by atoms with E-state index >= 15 is 0 Å². The van der Waals surface area contributed by atoms with E-state index in [1.165, 1.54) is 5.56 Å². The number of thioether (sulfide) groups is 1. The van der Waals surface area contributed by atoms with Gasteiger partial charge in [-0.1, -0.05) is 62.4 Å². The minimum Gasteiger partial charge on any atom is -0.354 e. The third-order valence-electron chi connectivity index (χ3n) is 6.58. The lowest BCUT2D eigenvalue weighted by molar-refractivity contribution is -0.132. The molecule has 7 heteroatoms. The van der Waals surface area contributed by atoms with E-state index in [4.69, 9.17) is 0 Å². The van der Waals surface area contributed by atoms with Crippen LogP contribution in [0, 0.1) is 5.92 Å². The van der Waals surface area contributed by atoms with Crippen molar-refractivity contribution in [2.24, 2.45) is 5.92 Å². The van der Waals surface area contributed by atoms with Gasteiger partial charge in [0.2, 0.25) is 11.8 Å². The summed E-state index contributed by atoms with van der Waals surface area (Å²) in [4.78, 5) is 41.4. The van der Waals surface area contributed by atoms with E-state index in [1.54, 1.807) is 16.7 Å². The predicted octanol–water partition coefficient (Wildman–Crippen LogP) is 3.92. The van der Waals surface area contributed by atoms with Gasteiger partial charge in [-0.25, -0.2) is 0 Å². The maximum Gasteiger partial charge on any atom is 0.256 e. The van der Waals surface area contributed by atoms with Crippen LogP contribution >= 0.6 is 11.8 Å². The van der Waals surface area contributed by atoms with Gasteiger partial charge in [0.1, 0.15) is 17.5 Å². The molecule has 2 heterocycles. The molecule has 180 valence electrons. The fourth-order valence-electron chi connectivity index (χ4n) is 4.83. The van der Waals surface area contributed by atoms with Crippen molar-refractivity contribution in [2.45, 2.75) is 62.7 Å². The monoisotopic (exact) mass is 479 g/mol. The number of aryl methyl sites for hydroxylation is 1. The molecule has 0 radical (unpaired) electrons. The summed E-state index contributed by atoms with van der Waals surface area (Å²) in [6.07, 6.45) is 1.70. The first-order chi connectivity index (χ1) is 16.2. The van der Waals surface area contributed by atoms with Crippen LogP contribution in [0.15, 0.2) is 54.6 Å². The summed E-state index contributed by atoms with van der Waals surface area (Å²) in [7, 11) is 0. The van der Waals surface area contributed by atoms with E-state index < -0.39 is 16.8 Å². The molecule has 6 nitrogen and oxygen atoms in total. The number of fused-ring (bicyclic) bond motifs is 3. The summed E-state index contributed by atoms with van der Waals surface area (Å²) in [5, 5.41) is 5.77. The second kappa shape index (κ2) is 9.82. The number of hydrogen-bond donors (Lipinski definition) is 2. The number of amides is 3. The molecule has 4 rings (SSSR count). The molecule has 2 aliphatic heterocycles. The smallest absolute Gasteiger partial charge is 0.256 e. The second-order valence-electron chi connectivity index (χ2n) is 9.89. The molecule has 0 aliphatic carbocycles. The molecule has 2 aliphatic rings. The highest BCUT2D eigenvalue weighted by molar-refractivity contribution is 8.01. The Morgan fingerprint density at radius 1 is 1.06 bits per heavy atom. The van der Waals surface area contributed by atoms with Crippen LogP contribution in [0.3, 0.4) is 0 Å². The first-order valence-electron chi connectivity index (χ1n) is 11.9. The van der Waals surface area contributed by atoms with Gasteiger partial charge in [0, 0.05) is 16.9 Å². The highest BCUT2D eigenvalue weighted by Gasteiger charge is 2.57. The fraction of sp³-hybridized carbons (Fsp3) is 0.444. The van der Waals surface area contributed by atoms with Crippen LogP contribution in [0.1, 0.15) is 61.0 Å². The summed E-state index contributed by atoms with van der Waals surface area (Å²) in [5.41, 5.74) is 2.85. The lowest BCUT2D eigenvalue weighted by Gasteiger charge is -2.32. The lowest BCUT2D eigenvalue weighted by atomic mass is 9.98. The average Bonchev–Trinajstić information content (AvgIpc) is 3.24. The molecule has 3 atom stereocenters. The molecule has 0 bridgehead atoms. The van der Waals surface area contributed by atoms with Gasteiger partial charge in [0.15, 0.2) is 0 Å². The van der Waals surface area contributed by atoms with E-state index in [0.29, 0.717) is 12.1 Å². The number of rotatable bonds is 8. The molecule has 0 aromatic heterocycles. The van der Waals surface area contributed by atoms with E-state index in [2.05, 4.69) is 22.8 Å². The van der Waals surface area contributed by atoms with Gasteiger partial charge in [-0.05, 0) is 49.8 Å². The Labute approximate surface area is 205 Å². The van der Waals surface area contributed by atoms with Gasteiger partial charge in [-0.15, -0.1) is 11.8 Å². The maximum absolute atomic E-state index is 13.5. The van der Waals surface area contributed by atoms with Gasteiger partial charge in [0.25, 0.3) is 5.91 Å². The third-order valence-corrected chi connectivity index (χ3v) is 8.11. The molecule has 1 saturated heterocycles. The Morgan fingerprint density at radius 3 is 2.44 bits per heavy atom. The van der Waals surface area contributed by atoms with Crippen molar-refractivity contribution in [2.75, 3.05) is 6.54 Å². The van der Waals surface area contributed by atoms with Crippen LogP contribution in [0.2, 0.25) is 0 Å². The molecule has 1 fully saturated rings. The normalized spacial score (nSPS) is 21.2. The molecule has 2 aromatic rings. The Balaban J connectivity index is 1.41. The summed E-state index contributed by atoms with van der Waals surface area (Å²) in [6.45, 7) is 8.36. The van der Waals surface area contributed by atoms with Crippen molar-refractivity contribution in [3.8, 4) is 0 Å². The largest absolute Gasteiger partial charge is 0.354 e. The maximum atomic E-state index is 13.5. The average molecular weight is 480 g/mol. The quantitative estimate of drug-likeness (QED) is 0.563. The molecule has 34 heavy (non-hydrogen) atoms. The molecule has 2 aromatic carbocycles. The van der Waals surface area contributed by atoms with Crippen LogP contribution in [-0.4, -0.2) is 46.0 Å². The first kappa shape index (κ1) is 24.3. The Morgan fingerprint density at radius 2 is 1.74 bits per heavy atom. The number of nitrogens with zero attached hydrogens (tertiary/aromatic N) is 1. The minimum atomic E-state index is -0.663. The number of carbonyl (C=O) groups excluding carboxylic acids is 3. The van der Waals surface area contributed by atoms with Crippen molar-refractivity contribution in [3.05, 3.63) is 71.3 Å². The summed E-state index contributed by atoms with van der Waals surface area (Å²) in [5.74, 6) is -0.672. The second-order valence-corrected chi connectivity index (χ2v) is 11.6. The number of nitrogens with one attached hydrogen (secondary N) is 2. The fourth-order valence-corrected chi connectivity index (χ4v) is 6.42. The number of benzene rings is 2. The van der Waals surface area contributed by atoms with E-state index in [-0.39, 0.29) is 29.0 Å². The zero-order valence-electron chi connectivity index (χ0n) is 20.2. The highest BCUT2D eigenvalue weighted by Crippen LogP contribution is 2.56. The molecule has 3 amide bonds. The number of hydrogen-bond acceptors (Lipinski definition) is 4. The molecule has 0 spiro atoms. The van der Waals surface area contributed by atoms with E-state index in [1.807, 2.05) is 70.2 Å². The Hall–Kier alpha value is -2.80. The summed E-state index contributed by atoms with van der Waals surface area (Å²) in [6, 6.07) is 16.4. The SMILES string of the molecule is CC(C)[C@H](NC(=O)[C@@H]1N2C(=O)c3ccccc3[C@H]2SC1(C)C)C(=O)NCCCc1ccccc1. The third kappa shape index (κ3) is 4.71. The van der Waals surface area contributed by atoms with E-state index in [0.717, 1.165) is 18.4 Å². The van der Waals surface area contributed by atoms with E-state index in [9.17, 15) is 14.4 Å². The first-order valence-corrected chi connectivity index (χ1v) is 12.8. The van der Waals surface area contributed by atoms with Crippen LogP contribution in [-0.2, 0) is 16.0 Å². The van der Waals surface area contributed by atoms with Crippen LogP contribution < -0.4 is 10.6 Å². The molecule has 0 unspecified atom stereocenters. The van der Waals surface area contributed by atoms with Crippen LogP contribution in [0.4, 0.5) is 0 Å². The van der Waals surface area contributed by atoms with Crippen LogP contribution in [0.25, 0.3) is 0 Å². The standard InChI is InChI=1S/C27H33N3O3S/c1-17(2)21(23(31)28-16-10-13-18-11-6-5-7-12-18)29-24(32)22-27(3,4)34-26-20-15-9-8-14-19(20)25(33)30(22)26/h5-9,11-12,14-15,17,21-22,26H,10,13,16H2,1-4H3,(H,28,31)(H,29,32)/t21-,22-,26+/m0/s1. The van der Waals surface area contributed by atoms with Gasteiger partial charge >= 0.3 is 0 Å². The Kier molecular flexibility index (Phi) is 7.03. The van der Waals surface area contributed by atoms with Crippen molar-refractivity contribution in [3.63, 3.8) is 0 Å². The molecule has 0 saturated carbocycles. The Bertz CT molecular complexity index is 1070. The van der Waals surface area contributed by atoms with Crippen molar-refractivity contribution in [1.82, 2.24) is 15.5 Å². The van der Waals surface area contributed by atoms with Crippen molar-refractivity contribution < 1.29 is 14.4 Å². The molecule has 2 N–H and O–H groups in total. The van der Waals surface area contributed by atoms with Gasteiger partial charge in [0.05, 0.1) is 0 Å². The van der Waals surface area contributed by atoms with Crippen LogP contribution in [0.5, 0.6) is 0 Å². The van der Waals surface area contributed by atoms with Crippen molar-refractivity contribution in [1.29, 1.82) is 0 Å². The summed E-state index contributed by atoms with van der Waals surface area (Å²) >= 11 is 1.62. The molecular weight excluding hydrogens is 446 g/mol. The molecular formula is C27H33N3O3S. The lowest BCUT2D eigenvalue weighted by Crippen LogP contribution is -2.58. The highest BCUT2D eigenvalue weighted by atomic mass is 32.2. The van der Waals surface area contributed by atoms with Gasteiger partial charge in [-0.2, -0.15) is 0 Å². The topological polar surface area (TPSA) is 78.5 Å². The summed E-state index contributed by atoms with van der Waals surface area (Å²) < 4.78 is -0.481. The van der Waals surface area contributed by atoms with Gasteiger partial charge < -0.3 is 15.5 Å². The number of carbonyl (C=O) groups is 3. The van der Waals surface area contributed by atoms with Crippen molar-refractivity contribution >= 4 is 29.5 Å². The zero-order valence-corrected chi connectivity index (χ0v) is 21.0. The zero-order chi connectivity index (χ0) is 24.5.